The van der Waals surface area contributed by atoms with Crippen LogP contribution in [0.1, 0.15) is 6.42 Å². The molecule has 11 heavy (non-hydrogen) atoms. The van der Waals surface area contributed by atoms with Gasteiger partial charge in [0.25, 0.3) is 0 Å². The number of carbonyl (C=O) groups excluding carboxylic acids is 1. The molecule has 0 aliphatic rings. The van der Waals surface area contributed by atoms with Gasteiger partial charge in [0.15, 0.2) is 0 Å². The van der Waals surface area contributed by atoms with Crippen LogP contribution in [0.3, 0.4) is 0 Å². The number of carbonyl (C=O) groups is 1. The molecule has 3 nitrogen and oxygen atoms in total. The first kappa shape index (κ1) is 10.9. The van der Waals surface area contributed by atoms with E-state index in [1.807, 2.05) is 21.1 Å². The van der Waals surface area contributed by atoms with Crippen molar-refractivity contribution in [3.63, 3.8) is 0 Å². The number of hydrogen-bond acceptors (Lipinski definition) is 2. The second-order valence-electron chi connectivity index (χ2n) is 3.69. The number of rotatable bonds is 4. The Labute approximate surface area is 72.2 Å². The van der Waals surface area contributed by atoms with E-state index < -0.39 is 11.3 Å². The molecule has 0 bridgehead atoms. The normalized spacial score (nSPS) is 14.6. The first-order valence-electron chi connectivity index (χ1n) is 3.48. The number of hydrogen-bond donors (Lipinski definition) is 1. The Hall–Kier alpha value is -0.120. The van der Waals surface area contributed by atoms with Crippen LogP contribution in [0, 0.1) is 0 Å². The van der Waals surface area contributed by atoms with E-state index in [0.717, 1.165) is 0 Å². The molecule has 4 heteroatoms. The summed E-state index contributed by atoms with van der Waals surface area (Å²) in [5.41, 5.74) is 0. The van der Waals surface area contributed by atoms with Crippen molar-refractivity contribution in [2.45, 2.75) is 12.5 Å². The van der Waals surface area contributed by atoms with E-state index in [2.05, 4.69) is 0 Å². The van der Waals surface area contributed by atoms with Gasteiger partial charge in [-0.1, -0.05) is 0 Å². The molecule has 1 atom stereocenters. The molecule has 0 amide bonds. The number of likely N-dealkylation sites (N-methyl/N-ethyl adjacent to an activating group) is 1. The fourth-order valence-corrected chi connectivity index (χ4v) is 1.06. The van der Waals surface area contributed by atoms with Gasteiger partial charge in [-0.05, 0) is 11.6 Å². The Morgan fingerprint density at radius 3 is 2.27 bits per heavy atom. The maximum Gasteiger partial charge on any atom is 0.224 e. The van der Waals surface area contributed by atoms with Crippen molar-refractivity contribution in [1.82, 2.24) is 0 Å². The lowest BCUT2D eigenvalue weighted by Gasteiger charge is -2.26. The van der Waals surface area contributed by atoms with Gasteiger partial charge in [0, 0.05) is 0 Å². The topological polar surface area (TPSA) is 37.3 Å². The van der Waals surface area contributed by atoms with Crippen LogP contribution in [0.5, 0.6) is 0 Å². The second-order valence-corrected chi connectivity index (χ2v) is 4.11. The summed E-state index contributed by atoms with van der Waals surface area (Å²) in [6.07, 6.45) is -0.586. The Morgan fingerprint density at radius 1 is 1.55 bits per heavy atom. The number of aliphatic hydroxyl groups excluding tert-OH is 1. The molecule has 0 aliphatic heterocycles. The Kier molecular flexibility index (Phi) is 4.00. The SMILES string of the molecule is C[N+](C)(C)CC(O)CC(=O)Cl. The van der Waals surface area contributed by atoms with Crippen LogP contribution < -0.4 is 0 Å². The Balaban J connectivity index is 3.69. The molecule has 0 aromatic heterocycles. The van der Waals surface area contributed by atoms with Crippen LogP contribution in [-0.2, 0) is 4.79 Å². The molecule has 1 N–H and O–H groups in total. The van der Waals surface area contributed by atoms with Gasteiger partial charge in [0.1, 0.15) is 12.6 Å². The molecule has 0 radical (unpaired) electrons. The summed E-state index contributed by atoms with van der Waals surface area (Å²) in [5.74, 6) is 0. The zero-order valence-electron chi connectivity index (χ0n) is 7.17. The fraction of sp³-hybridized carbons (Fsp3) is 0.857. The van der Waals surface area contributed by atoms with Crippen LogP contribution >= 0.6 is 11.6 Å². The summed E-state index contributed by atoms with van der Waals surface area (Å²) < 4.78 is 0.630. The smallest absolute Gasteiger partial charge is 0.224 e. The number of halogens is 1. The minimum Gasteiger partial charge on any atom is -0.387 e. The van der Waals surface area contributed by atoms with Crippen LogP contribution in [-0.4, -0.2) is 48.6 Å². The maximum atomic E-state index is 10.3. The van der Waals surface area contributed by atoms with Crippen molar-refractivity contribution in [3.05, 3.63) is 0 Å². The molecule has 1 unspecified atom stereocenters. The number of nitrogens with zero attached hydrogens (tertiary/aromatic N) is 1. The molecular formula is C7H15ClNO2+. The monoisotopic (exact) mass is 180 g/mol. The molecule has 0 aromatic carbocycles. The maximum absolute atomic E-state index is 10.3. The van der Waals surface area contributed by atoms with E-state index in [1.165, 1.54) is 0 Å². The van der Waals surface area contributed by atoms with Crippen LogP contribution in [0.4, 0.5) is 0 Å². The first-order valence-corrected chi connectivity index (χ1v) is 3.86. The lowest BCUT2D eigenvalue weighted by Crippen LogP contribution is -2.41. The molecule has 0 saturated heterocycles. The first-order chi connectivity index (χ1) is 4.81. The molecule has 0 heterocycles. The van der Waals surface area contributed by atoms with E-state index in [9.17, 15) is 9.90 Å². The summed E-state index contributed by atoms with van der Waals surface area (Å²) >= 11 is 5.10. The van der Waals surface area contributed by atoms with Crippen molar-refractivity contribution in [1.29, 1.82) is 0 Å². The highest BCUT2D eigenvalue weighted by Crippen LogP contribution is 2.01. The zero-order valence-corrected chi connectivity index (χ0v) is 7.93. The lowest BCUT2D eigenvalue weighted by molar-refractivity contribution is -0.873. The third-order valence-electron chi connectivity index (χ3n) is 1.15. The fourth-order valence-electron chi connectivity index (χ4n) is 0.882. The van der Waals surface area contributed by atoms with E-state index >= 15 is 0 Å². The molecule has 0 rings (SSSR count). The van der Waals surface area contributed by atoms with Crippen molar-refractivity contribution < 1.29 is 14.4 Å². The molecular weight excluding hydrogens is 166 g/mol. The Bertz CT molecular complexity index is 142. The summed E-state index contributed by atoms with van der Waals surface area (Å²) in [5, 5.41) is 8.75. The lowest BCUT2D eigenvalue weighted by atomic mass is 10.2. The predicted molar refractivity (Wildman–Crippen MR) is 44.4 cm³/mol. The second kappa shape index (κ2) is 4.04. The summed E-state index contributed by atoms with van der Waals surface area (Å²) in [6, 6.07) is 0. The van der Waals surface area contributed by atoms with Crippen LogP contribution in [0.25, 0.3) is 0 Å². The van der Waals surface area contributed by atoms with Crippen molar-refractivity contribution in [2.75, 3.05) is 27.7 Å². The summed E-state index contributed by atoms with van der Waals surface area (Å²) in [7, 11) is 5.84. The van der Waals surface area contributed by atoms with Crippen LogP contribution in [0.15, 0.2) is 0 Å². The van der Waals surface area contributed by atoms with Crippen molar-refractivity contribution in [3.8, 4) is 0 Å². The predicted octanol–water partition coefficient (Wildman–Crippen LogP) is 0.209. The van der Waals surface area contributed by atoms with Crippen molar-refractivity contribution in [2.24, 2.45) is 0 Å². The van der Waals surface area contributed by atoms with E-state index in [-0.39, 0.29) is 6.42 Å². The highest BCUT2D eigenvalue weighted by Gasteiger charge is 2.17. The molecule has 0 saturated carbocycles. The van der Waals surface area contributed by atoms with Gasteiger partial charge in [-0.3, -0.25) is 4.79 Å². The van der Waals surface area contributed by atoms with Gasteiger partial charge in [0.2, 0.25) is 5.24 Å². The molecule has 0 aromatic rings. The van der Waals surface area contributed by atoms with Gasteiger partial charge < -0.3 is 9.59 Å². The third kappa shape index (κ3) is 7.78. The highest BCUT2D eigenvalue weighted by atomic mass is 35.5. The minimum absolute atomic E-state index is 0.0388. The zero-order chi connectivity index (χ0) is 9.07. The summed E-state index contributed by atoms with van der Waals surface area (Å²) in [4.78, 5) is 10.3. The van der Waals surface area contributed by atoms with Gasteiger partial charge >= 0.3 is 0 Å². The Morgan fingerprint density at radius 2 is 2.00 bits per heavy atom. The molecule has 66 valence electrons. The molecule has 0 aliphatic carbocycles. The van der Waals surface area contributed by atoms with Gasteiger partial charge in [-0.25, -0.2) is 0 Å². The van der Waals surface area contributed by atoms with Gasteiger partial charge in [-0.2, -0.15) is 0 Å². The average Bonchev–Trinajstić information content (AvgIpc) is 1.53. The quantitative estimate of drug-likeness (QED) is 0.496. The molecule has 0 spiro atoms. The standard InChI is InChI=1S/C7H15ClNO2/c1-9(2,3)5-6(10)4-7(8)11/h6,10H,4-5H2,1-3H3/q+1. The minimum atomic E-state index is -0.625. The van der Waals surface area contributed by atoms with E-state index in [4.69, 9.17) is 11.6 Å². The molecule has 0 fully saturated rings. The number of quaternary nitrogens is 1. The van der Waals surface area contributed by atoms with Gasteiger partial charge in [0.05, 0.1) is 27.6 Å². The largest absolute Gasteiger partial charge is 0.387 e. The third-order valence-corrected chi connectivity index (χ3v) is 1.31. The van der Waals surface area contributed by atoms with Crippen LogP contribution in [0.2, 0.25) is 0 Å². The van der Waals surface area contributed by atoms with Crippen molar-refractivity contribution >= 4 is 16.8 Å². The highest BCUT2D eigenvalue weighted by molar-refractivity contribution is 6.63. The number of aliphatic hydroxyl groups is 1. The van der Waals surface area contributed by atoms with Gasteiger partial charge in [-0.15, -0.1) is 0 Å². The average molecular weight is 181 g/mol. The van der Waals surface area contributed by atoms with E-state index in [0.29, 0.717) is 11.0 Å². The summed E-state index contributed by atoms with van der Waals surface area (Å²) in [6.45, 7) is 0.540. The van der Waals surface area contributed by atoms with E-state index in [1.54, 1.807) is 0 Å².